The van der Waals surface area contributed by atoms with Gasteiger partial charge in [0.05, 0.1) is 15.2 Å². The van der Waals surface area contributed by atoms with Crippen LogP contribution in [0.25, 0.3) is 10.2 Å². The van der Waals surface area contributed by atoms with Crippen molar-refractivity contribution in [2.75, 3.05) is 6.54 Å². The highest BCUT2D eigenvalue weighted by atomic mass is 32.1. The minimum atomic E-state index is -4.77. The number of primary amides is 1. The lowest BCUT2D eigenvalue weighted by atomic mass is 9.85. The number of amides is 2. The molecule has 28 heavy (non-hydrogen) atoms. The van der Waals surface area contributed by atoms with Crippen LogP contribution in [-0.4, -0.2) is 51.7 Å². The smallest absolute Gasteiger partial charge is 0.383 e. The topological polar surface area (TPSA) is 96.5 Å². The molecule has 10 heteroatoms. The number of piperidine rings is 1. The van der Waals surface area contributed by atoms with Crippen LogP contribution in [0.2, 0.25) is 0 Å². The lowest BCUT2D eigenvalue weighted by Gasteiger charge is -2.39. The van der Waals surface area contributed by atoms with Crippen LogP contribution in [0.3, 0.4) is 0 Å². The second-order valence-electron chi connectivity index (χ2n) is 6.85. The molecular weight excluding hydrogens is 395 g/mol. The number of benzene rings is 1. The first-order chi connectivity index (χ1) is 13.2. The van der Waals surface area contributed by atoms with Gasteiger partial charge in [-0.15, -0.1) is 11.3 Å². The number of hydrogen-bond acceptors (Lipinski definition) is 5. The van der Waals surface area contributed by atoms with Gasteiger partial charge < -0.3 is 15.7 Å². The van der Waals surface area contributed by atoms with Crippen molar-refractivity contribution >= 4 is 33.4 Å². The van der Waals surface area contributed by atoms with Crippen LogP contribution in [0, 0.1) is 5.92 Å². The van der Waals surface area contributed by atoms with Crippen molar-refractivity contribution in [3.8, 4) is 0 Å². The van der Waals surface area contributed by atoms with Crippen LogP contribution in [0.15, 0.2) is 24.3 Å². The largest absolute Gasteiger partial charge is 0.414 e. The lowest BCUT2D eigenvalue weighted by molar-refractivity contribution is -0.224. The van der Waals surface area contributed by atoms with Crippen LogP contribution < -0.4 is 5.73 Å². The number of hydrogen-bond donors (Lipinski definition) is 2. The summed E-state index contributed by atoms with van der Waals surface area (Å²) in [6.07, 6.45) is -7.20. The van der Waals surface area contributed by atoms with Crippen molar-refractivity contribution in [1.29, 1.82) is 0 Å². The van der Waals surface area contributed by atoms with E-state index in [1.165, 1.54) is 16.2 Å². The fourth-order valence-electron chi connectivity index (χ4n) is 3.50. The molecule has 0 aliphatic carbocycles. The summed E-state index contributed by atoms with van der Waals surface area (Å²) in [6, 6.07) is 6.41. The van der Waals surface area contributed by atoms with E-state index in [9.17, 15) is 27.9 Å². The molecule has 2 amide bonds. The van der Waals surface area contributed by atoms with Crippen LogP contribution in [0.5, 0.6) is 0 Å². The predicted octanol–water partition coefficient (Wildman–Crippen LogP) is 2.24. The Kier molecular flexibility index (Phi) is 5.90. The number of nitrogens with zero attached hydrogens (tertiary/aromatic N) is 2. The normalized spacial score (nSPS) is 21.6. The highest BCUT2D eigenvalue weighted by Gasteiger charge is 2.47. The maximum Gasteiger partial charge on any atom is 0.414 e. The molecule has 1 aromatic heterocycles. The summed E-state index contributed by atoms with van der Waals surface area (Å²) in [6.45, 7) is -0.0515. The summed E-state index contributed by atoms with van der Waals surface area (Å²) in [5.74, 6) is -2.39. The highest BCUT2D eigenvalue weighted by molar-refractivity contribution is 7.18. The molecule has 1 aliphatic rings. The fourth-order valence-corrected chi connectivity index (χ4v) is 4.47. The predicted molar refractivity (Wildman–Crippen MR) is 97.4 cm³/mol. The van der Waals surface area contributed by atoms with E-state index in [-0.39, 0.29) is 31.7 Å². The van der Waals surface area contributed by atoms with E-state index in [0.717, 1.165) is 15.2 Å². The Bertz CT molecular complexity index is 837. The van der Waals surface area contributed by atoms with Crippen molar-refractivity contribution in [2.45, 2.75) is 44.0 Å². The highest BCUT2D eigenvalue weighted by Crippen LogP contribution is 2.34. The van der Waals surface area contributed by atoms with Crippen molar-refractivity contribution < 1.29 is 27.9 Å². The van der Waals surface area contributed by atoms with Crippen LogP contribution in [-0.2, 0) is 16.0 Å². The van der Waals surface area contributed by atoms with Gasteiger partial charge in [-0.25, -0.2) is 4.98 Å². The Morgan fingerprint density at radius 1 is 1.36 bits per heavy atom. The van der Waals surface area contributed by atoms with Gasteiger partial charge in [-0.05, 0) is 30.9 Å². The van der Waals surface area contributed by atoms with E-state index in [4.69, 9.17) is 5.73 Å². The number of halogens is 3. The molecule has 3 rings (SSSR count). The summed E-state index contributed by atoms with van der Waals surface area (Å²) < 4.78 is 39.3. The summed E-state index contributed by atoms with van der Waals surface area (Å²) >= 11 is 1.47. The number of aryl methyl sites for hydroxylation is 1. The van der Waals surface area contributed by atoms with Crippen molar-refractivity contribution in [3.63, 3.8) is 0 Å². The van der Waals surface area contributed by atoms with Crippen molar-refractivity contribution in [3.05, 3.63) is 29.3 Å². The van der Waals surface area contributed by atoms with Gasteiger partial charge in [-0.3, -0.25) is 9.59 Å². The maximum atomic E-state index is 12.8. The molecule has 6 nitrogen and oxygen atoms in total. The number of fused-ring (bicyclic) bond motifs is 1. The van der Waals surface area contributed by atoms with Crippen LogP contribution in [0.1, 0.15) is 24.3 Å². The average molecular weight is 415 g/mol. The second-order valence-corrected chi connectivity index (χ2v) is 7.97. The number of nitrogens with two attached hydrogens (primary N) is 1. The first-order valence-electron chi connectivity index (χ1n) is 8.85. The number of aliphatic hydroxyl groups excluding tert-OH is 1. The average Bonchev–Trinajstić information content (AvgIpc) is 3.07. The van der Waals surface area contributed by atoms with Gasteiger partial charge in [-0.2, -0.15) is 13.2 Å². The molecule has 0 spiro atoms. The third kappa shape index (κ3) is 4.44. The van der Waals surface area contributed by atoms with Gasteiger partial charge in [0.1, 0.15) is 6.04 Å². The molecule has 0 saturated carbocycles. The zero-order valence-corrected chi connectivity index (χ0v) is 15.7. The molecule has 3 atom stereocenters. The van der Waals surface area contributed by atoms with Crippen molar-refractivity contribution in [1.82, 2.24) is 9.88 Å². The number of carbonyl (C=O) groups is 2. The quantitative estimate of drug-likeness (QED) is 0.783. The summed E-state index contributed by atoms with van der Waals surface area (Å²) in [4.78, 5) is 30.0. The first kappa shape index (κ1) is 20.5. The van der Waals surface area contributed by atoms with Crippen LogP contribution >= 0.6 is 11.3 Å². The van der Waals surface area contributed by atoms with Crippen LogP contribution in [0.4, 0.5) is 13.2 Å². The number of alkyl halides is 3. The van der Waals surface area contributed by atoms with Gasteiger partial charge in [0.25, 0.3) is 0 Å². The number of carbonyl (C=O) groups excluding carboxylic acids is 2. The first-order valence-corrected chi connectivity index (χ1v) is 9.66. The molecule has 1 aliphatic heterocycles. The second kappa shape index (κ2) is 8.04. The maximum absolute atomic E-state index is 12.8. The fraction of sp³-hybridized carbons (Fsp3) is 0.500. The van der Waals surface area contributed by atoms with E-state index in [0.29, 0.717) is 6.42 Å². The Hall–Kier alpha value is -2.20. The monoisotopic (exact) mass is 415 g/mol. The molecule has 1 fully saturated rings. The molecule has 3 N–H and O–H groups in total. The zero-order valence-electron chi connectivity index (χ0n) is 14.9. The number of likely N-dealkylation sites (tertiary alicyclic amines) is 1. The number of rotatable bonds is 5. The van der Waals surface area contributed by atoms with Gasteiger partial charge >= 0.3 is 6.18 Å². The van der Waals surface area contributed by atoms with Crippen molar-refractivity contribution in [2.24, 2.45) is 11.7 Å². The number of aromatic nitrogens is 1. The van der Waals surface area contributed by atoms with E-state index in [1.807, 2.05) is 24.3 Å². The Morgan fingerprint density at radius 2 is 2.07 bits per heavy atom. The molecule has 1 aromatic carbocycles. The molecule has 152 valence electrons. The Balaban J connectivity index is 1.64. The molecule has 2 unspecified atom stereocenters. The van der Waals surface area contributed by atoms with E-state index >= 15 is 0 Å². The Morgan fingerprint density at radius 3 is 2.71 bits per heavy atom. The molecule has 0 bridgehead atoms. The molecule has 1 saturated heterocycles. The zero-order chi connectivity index (χ0) is 20.5. The third-order valence-corrected chi connectivity index (χ3v) is 6.06. The number of aliphatic hydroxyl groups is 1. The number of para-hydroxylation sites is 1. The number of thiazole rings is 1. The summed E-state index contributed by atoms with van der Waals surface area (Å²) in [5.41, 5.74) is 6.16. The minimum Gasteiger partial charge on any atom is -0.383 e. The van der Waals surface area contributed by atoms with Gasteiger partial charge in [-0.1, -0.05) is 12.1 Å². The van der Waals surface area contributed by atoms with Gasteiger partial charge in [0.15, 0.2) is 6.10 Å². The third-order valence-electron chi connectivity index (χ3n) is 4.96. The minimum absolute atomic E-state index is 0.0443. The lowest BCUT2D eigenvalue weighted by Crippen LogP contribution is -2.55. The standard InChI is InChI=1S/C18H20F3N3O3S/c19-18(20,21)16(26)10-7-8-24(12(9-10)17(22)27)15(25)6-5-14-23-11-3-1-2-4-13(11)28-14/h1-4,10,12,16,26H,5-9H2,(H2,22,27)/t10?,12?,16-/m0/s1. The molecular formula is C18H20F3N3O3S. The summed E-state index contributed by atoms with van der Waals surface area (Å²) in [5, 5.41) is 10.2. The van der Waals surface area contributed by atoms with Gasteiger partial charge in [0, 0.05) is 19.4 Å². The summed E-state index contributed by atoms with van der Waals surface area (Å²) in [7, 11) is 0. The van der Waals surface area contributed by atoms with E-state index in [2.05, 4.69) is 4.98 Å². The molecule has 0 radical (unpaired) electrons. The Labute approximate surface area is 163 Å². The van der Waals surface area contributed by atoms with E-state index in [1.54, 1.807) is 0 Å². The molecule has 2 heterocycles. The molecule has 2 aromatic rings. The van der Waals surface area contributed by atoms with E-state index < -0.39 is 30.1 Å². The van der Waals surface area contributed by atoms with Gasteiger partial charge in [0.2, 0.25) is 11.8 Å². The SMILES string of the molecule is NC(=O)C1CC([C@H](O)C(F)(F)F)CCN1C(=O)CCc1nc2ccccc2s1.